The number of rotatable bonds is 3. The number of benzene rings is 1. The number of aromatic nitrogens is 1. The second kappa shape index (κ2) is 5.44. The molecule has 108 valence electrons. The molecule has 3 rings (SSSR count). The van der Waals surface area contributed by atoms with Gasteiger partial charge >= 0.3 is 5.97 Å². The number of carboxylic acids is 1. The molecule has 0 radical (unpaired) electrons. The fraction of sp³-hybridized carbons (Fsp3) is 0.250. The molecule has 0 aliphatic heterocycles. The Balaban J connectivity index is 1.98. The minimum Gasteiger partial charge on any atom is -0.478 e. The van der Waals surface area contributed by atoms with Gasteiger partial charge in [-0.3, -0.25) is 0 Å². The Kier molecular flexibility index (Phi) is 3.48. The van der Waals surface area contributed by atoms with Crippen molar-refractivity contribution in [2.75, 3.05) is 11.1 Å². The van der Waals surface area contributed by atoms with Crippen molar-refractivity contribution in [1.82, 2.24) is 4.98 Å². The third kappa shape index (κ3) is 2.54. The van der Waals surface area contributed by atoms with E-state index in [1.807, 2.05) is 12.1 Å². The summed E-state index contributed by atoms with van der Waals surface area (Å²) in [5.74, 6) is -0.651. The lowest BCUT2D eigenvalue weighted by atomic mass is 9.90. The molecule has 1 aliphatic carbocycles. The summed E-state index contributed by atoms with van der Waals surface area (Å²) in [7, 11) is 0. The van der Waals surface area contributed by atoms with Crippen molar-refractivity contribution >= 4 is 23.2 Å². The number of aryl methyl sites for hydroxylation is 1. The lowest BCUT2D eigenvalue weighted by molar-refractivity contribution is 0.0698. The molecule has 4 N–H and O–H groups in total. The predicted molar refractivity (Wildman–Crippen MR) is 82.0 cm³/mol. The molecule has 0 spiro atoms. The summed E-state index contributed by atoms with van der Waals surface area (Å²) in [6, 6.07) is 7.54. The number of anilines is 3. The smallest absolute Gasteiger partial charge is 0.337 e. The quantitative estimate of drug-likeness (QED) is 0.806. The van der Waals surface area contributed by atoms with Gasteiger partial charge in [-0.2, -0.15) is 0 Å². The number of fused-ring (bicyclic) bond motifs is 1. The number of carboxylic acid groups (broad SMARTS) is 1. The van der Waals surface area contributed by atoms with Gasteiger partial charge in [0.05, 0.1) is 11.3 Å². The number of hydrogen-bond acceptors (Lipinski definition) is 4. The van der Waals surface area contributed by atoms with Gasteiger partial charge in [-0.25, -0.2) is 9.78 Å². The first-order valence-electron chi connectivity index (χ1n) is 7.02. The van der Waals surface area contributed by atoms with Gasteiger partial charge < -0.3 is 16.2 Å². The molecule has 0 unspecified atom stereocenters. The van der Waals surface area contributed by atoms with Crippen molar-refractivity contribution in [3.63, 3.8) is 0 Å². The summed E-state index contributed by atoms with van der Waals surface area (Å²) >= 11 is 0. The number of carbonyl (C=O) groups is 1. The van der Waals surface area contributed by atoms with E-state index in [-0.39, 0.29) is 11.3 Å². The van der Waals surface area contributed by atoms with Crippen LogP contribution < -0.4 is 11.1 Å². The van der Waals surface area contributed by atoms with Gasteiger partial charge in [-0.1, -0.05) is 12.1 Å². The van der Waals surface area contributed by atoms with E-state index in [1.54, 1.807) is 0 Å². The molecule has 0 fully saturated rings. The Morgan fingerprint density at radius 3 is 2.86 bits per heavy atom. The molecule has 21 heavy (non-hydrogen) atoms. The molecule has 5 heteroatoms. The van der Waals surface area contributed by atoms with Gasteiger partial charge in [-0.15, -0.1) is 0 Å². The van der Waals surface area contributed by atoms with Crippen LogP contribution in [0.4, 0.5) is 17.2 Å². The van der Waals surface area contributed by atoms with Crippen LogP contribution in [0.3, 0.4) is 0 Å². The molecule has 1 aromatic carbocycles. The first-order valence-corrected chi connectivity index (χ1v) is 7.02. The van der Waals surface area contributed by atoms with Crippen molar-refractivity contribution in [3.05, 3.63) is 47.2 Å². The van der Waals surface area contributed by atoms with Crippen molar-refractivity contribution in [2.45, 2.75) is 25.7 Å². The first-order chi connectivity index (χ1) is 10.2. The molecule has 0 bridgehead atoms. The number of nitrogen functional groups attached to an aromatic ring is 1. The van der Waals surface area contributed by atoms with Crippen molar-refractivity contribution in [2.24, 2.45) is 0 Å². The SMILES string of the molecule is Nc1c(C(=O)O)ccnc1Nc1cccc2c1CCCC2. The maximum atomic E-state index is 11.1. The molecule has 5 nitrogen and oxygen atoms in total. The fourth-order valence-electron chi connectivity index (χ4n) is 2.79. The van der Waals surface area contributed by atoms with Crippen LogP contribution in [0.1, 0.15) is 34.3 Å². The highest BCUT2D eigenvalue weighted by Gasteiger charge is 2.16. The summed E-state index contributed by atoms with van der Waals surface area (Å²) < 4.78 is 0. The van der Waals surface area contributed by atoms with E-state index in [0.29, 0.717) is 5.82 Å². The van der Waals surface area contributed by atoms with Crippen molar-refractivity contribution in [3.8, 4) is 0 Å². The number of pyridine rings is 1. The summed E-state index contributed by atoms with van der Waals surface area (Å²) in [6.07, 6.45) is 5.95. The maximum absolute atomic E-state index is 11.1. The van der Waals surface area contributed by atoms with Crippen LogP contribution in [-0.4, -0.2) is 16.1 Å². The van der Waals surface area contributed by atoms with Gasteiger partial charge in [0.25, 0.3) is 0 Å². The molecule has 1 aliphatic rings. The summed E-state index contributed by atoms with van der Waals surface area (Å²) in [4.78, 5) is 15.3. The molecular weight excluding hydrogens is 266 g/mol. The van der Waals surface area contributed by atoms with Gasteiger partial charge in [-0.05, 0) is 48.9 Å². The van der Waals surface area contributed by atoms with Gasteiger partial charge in [0.1, 0.15) is 0 Å². The number of aromatic carboxylic acids is 1. The monoisotopic (exact) mass is 283 g/mol. The lowest BCUT2D eigenvalue weighted by Crippen LogP contribution is -2.10. The second-order valence-corrected chi connectivity index (χ2v) is 5.20. The third-order valence-corrected chi connectivity index (χ3v) is 3.87. The first kappa shape index (κ1) is 13.4. The number of nitrogens with zero attached hydrogens (tertiary/aromatic N) is 1. The molecule has 2 aromatic rings. The highest BCUT2D eigenvalue weighted by atomic mass is 16.4. The normalized spacial score (nSPS) is 13.5. The molecule has 0 atom stereocenters. The number of hydrogen-bond donors (Lipinski definition) is 3. The van der Waals surface area contributed by atoms with Crippen molar-refractivity contribution < 1.29 is 9.90 Å². The van der Waals surface area contributed by atoms with E-state index in [1.165, 1.54) is 36.2 Å². The zero-order valence-electron chi connectivity index (χ0n) is 11.6. The predicted octanol–water partition coefficient (Wildman–Crippen LogP) is 2.98. The van der Waals surface area contributed by atoms with Crippen LogP contribution >= 0.6 is 0 Å². The van der Waals surface area contributed by atoms with E-state index in [9.17, 15) is 4.79 Å². The maximum Gasteiger partial charge on any atom is 0.337 e. The third-order valence-electron chi connectivity index (χ3n) is 3.87. The molecule has 0 saturated carbocycles. The van der Waals surface area contributed by atoms with E-state index < -0.39 is 5.97 Å². The Morgan fingerprint density at radius 1 is 1.24 bits per heavy atom. The standard InChI is InChI=1S/C16H17N3O2/c17-14-12(16(20)21)8-9-18-15(14)19-13-7-3-5-10-4-1-2-6-11(10)13/h3,5,7-9H,1-2,4,6,17H2,(H,18,19)(H,20,21). The van der Waals surface area contributed by atoms with Crippen LogP contribution in [-0.2, 0) is 12.8 Å². The molecule has 1 aromatic heterocycles. The fourth-order valence-corrected chi connectivity index (χ4v) is 2.79. The largest absolute Gasteiger partial charge is 0.478 e. The summed E-state index contributed by atoms with van der Waals surface area (Å²) in [6.45, 7) is 0. The van der Waals surface area contributed by atoms with E-state index in [4.69, 9.17) is 10.8 Å². The topological polar surface area (TPSA) is 88.2 Å². The average molecular weight is 283 g/mol. The van der Waals surface area contributed by atoms with Gasteiger partial charge in [0.2, 0.25) is 0 Å². The van der Waals surface area contributed by atoms with Crippen LogP contribution in [0.2, 0.25) is 0 Å². The number of nitrogens with one attached hydrogen (secondary N) is 1. The Labute approximate surface area is 122 Å². The van der Waals surface area contributed by atoms with E-state index in [2.05, 4.69) is 16.4 Å². The molecular formula is C16H17N3O2. The zero-order chi connectivity index (χ0) is 14.8. The minimum atomic E-state index is -1.05. The molecule has 0 saturated heterocycles. The van der Waals surface area contributed by atoms with Crippen LogP contribution in [0, 0.1) is 0 Å². The Bertz CT molecular complexity index is 698. The summed E-state index contributed by atoms with van der Waals surface area (Å²) in [5, 5.41) is 12.3. The Morgan fingerprint density at radius 2 is 2.05 bits per heavy atom. The van der Waals surface area contributed by atoms with Crippen LogP contribution in [0.15, 0.2) is 30.5 Å². The highest BCUT2D eigenvalue weighted by molar-refractivity contribution is 5.96. The second-order valence-electron chi connectivity index (χ2n) is 5.20. The minimum absolute atomic E-state index is 0.0669. The van der Waals surface area contributed by atoms with Crippen molar-refractivity contribution in [1.29, 1.82) is 0 Å². The molecule has 0 amide bonds. The van der Waals surface area contributed by atoms with Crippen LogP contribution in [0.5, 0.6) is 0 Å². The van der Waals surface area contributed by atoms with Crippen LogP contribution in [0.25, 0.3) is 0 Å². The van der Waals surface area contributed by atoms with Gasteiger partial charge in [0, 0.05) is 11.9 Å². The van der Waals surface area contributed by atoms with E-state index in [0.717, 1.165) is 18.5 Å². The molecule has 1 heterocycles. The highest BCUT2D eigenvalue weighted by Crippen LogP contribution is 2.31. The lowest BCUT2D eigenvalue weighted by Gasteiger charge is -2.20. The Hall–Kier alpha value is -2.56. The summed E-state index contributed by atoms with van der Waals surface area (Å²) in [5.41, 5.74) is 9.73. The zero-order valence-corrected chi connectivity index (χ0v) is 11.6. The average Bonchev–Trinajstić information content (AvgIpc) is 2.49. The van der Waals surface area contributed by atoms with Gasteiger partial charge in [0.15, 0.2) is 5.82 Å². The van der Waals surface area contributed by atoms with E-state index >= 15 is 0 Å². The number of nitrogens with two attached hydrogens (primary N) is 1.